The second-order valence-electron chi connectivity index (χ2n) is 5.54. The Morgan fingerprint density at radius 3 is 2.75 bits per heavy atom. The van der Waals surface area contributed by atoms with Crippen molar-refractivity contribution in [2.45, 2.75) is 17.8 Å². The Kier molecular flexibility index (Phi) is 5.81. The molecule has 0 saturated carbocycles. The number of aliphatic carboxylic acids is 1. The van der Waals surface area contributed by atoms with E-state index in [0.717, 1.165) is 22.2 Å². The summed E-state index contributed by atoms with van der Waals surface area (Å²) in [6.07, 6.45) is 0.857. The van der Waals surface area contributed by atoms with E-state index in [2.05, 4.69) is 33.4 Å². The summed E-state index contributed by atoms with van der Waals surface area (Å²) < 4.78 is 6.73. The molecule has 2 aromatic rings. The summed E-state index contributed by atoms with van der Waals surface area (Å²) in [5.74, 6) is 0.574. The highest BCUT2D eigenvalue weighted by atomic mass is 79.9. The first-order valence-electron chi connectivity index (χ1n) is 7.70. The molecule has 4 nitrogen and oxygen atoms in total. The number of carboxylic acid groups (broad SMARTS) is 1. The van der Waals surface area contributed by atoms with Crippen molar-refractivity contribution >= 4 is 33.7 Å². The number of carboxylic acids is 1. The first kappa shape index (κ1) is 17.3. The lowest BCUT2D eigenvalue weighted by Gasteiger charge is -2.14. The lowest BCUT2D eigenvalue weighted by atomic mass is 10.2. The number of thioether (sulfide) groups is 1. The van der Waals surface area contributed by atoms with Gasteiger partial charge >= 0.3 is 5.97 Å². The third-order valence-electron chi connectivity index (χ3n) is 3.83. The van der Waals surface area contributed by atoms with E-state index in [-0.39, 0.29) is 5.37 Å². The van der Waals surface area contributed by atoms with Crippen molar-refractivity contribution in [3.05, 3.63) is 64.1 Å². The summed E-state index contributed by atoms with van der Waals surface area (Å²) in [5.41, 5.74) is 2.29. The summed E-state index contributed by atoms with van der Waals surface area (Å²) in [6.45, 7) is 0.611. The van der Waals surface area contributed by atoms with Crippen LogP contribution in [0.4, 0.5) is 0 Å². The molecule has 1 aliphatic heterocycles. The van der Waals surface area contributed by atoms with Gasteiger partial charge in [-0.1, -0.05) is 36.4 Å². The van der Waals surface area contributed by atoms with Crippen LogP contribution in [0.3, 0.4) is 0 Å². The van der Waals surface area contributed by atoms with Gasteiger partial charge in [-0.3, -0.25) is 10.1 Å². The molecule has 126 valence electrons. The Labute approximate surface area is 153 Å². The smallest absolute Gasteiger partial charge is 0.321 e. The zero-order chi connectivity index (χ0) is 16.9. The molecule has 0 bridgehead atoms. The van der Waals surface area contributed by atoms with Crippen molar-refractivity contribution < 1.29 is 14.6 Å². The van der Waals surface area contributed by atoms with Gasteiger partial charge in [0.15, 0.2) is 0 Å². The van der Waals surface area contributed by atoms with Gasteiger partial charge in [0, 0.05) is 12.2 Å². The Bertz CT molecular complexity index is 711. The summed E-state index contributed by atoms with van der Waals surface area (Å²) in [7, 11) is 0. The number of ether oxygens (including phenoxy) is 1. The molecule has 0 spiro atoms. The van der Waals surface area contributed by atoms with E-state index in [9.17, 15) is 4.79 Å². The van der Waals surface area contributed by atoms with E-state index < -0.39 is 12.0 Å². The average Bonchev–Trinajstić information content (AvgIpc) is 3.08. The predicted octanol–water partition coefficient (Wildman–Crippen LogP) is 3.86. The Balaban J connectivity index is 1.58. The van der Waals surface area contributed by atoms with Gasteiger partial charge < -0.3 is 9.84 Å². The number of rotatable bonds is 6. The largest absolute Gasteiger partial charge is 0.492 e. The zero-order valence-electron chi connectivity index (χ0n) is 12.9. The molecule has 3 rings (SSSR count). The van der Waals surface area contributed by atoms with Gasteiger partial charge in [-0.15, -0.1) is 11.8 Å². The standard InChI is InChI=1S/C18H18BrNO3S/c19-14-10-13(17-20-15(11-24-17)18(21)22)6-7-16(14)23-9-8-12-4-2-1-3-5-12/h1-7,10,15,17,20H,8-9,11H2,(H,21,22). The van der Waals surface area contributed by atoms with Crippen molar-refractivity contribution in [3.8, 4) is 5.75 Å². The van der Waals surface area contributed by atoms with Crippen LogP contribution in [0.5, 0.6) is 5.75 Å². The fourth-order valence-corrected chi connectivity index (χ4v) is 4.26. The van der Waals surface area contributed by atoms with E-state index in [0.29, 0.717) is 12.4 Å². The van der Waals surface area contributed by atoms with Crippen LogP contribution in [0.15, 0.2) is 53.0 Å². The molecular weight excluding hydrogens is 390 g/mol. The maximum absolute atomic E-state index is 11.0. The summed E-state index contributed by atoms with van der Waals surface area (Å²) in [6, 6.07) is 15.6. The molecule has 0 aromatic heterocycles. The number of carbonyl (C=O) groups is 1. The van der Waals surface area contributed by atoms with Crippen LogP contribution in [0.1, 0.15) is 16.5 Å². The highest BCUT2D eigenvalue weighted by molar-refractivity contribution is 9.10. The van der Waals surface area contributed by atoms with Gasteiger partial charge in [-0.25, -0.2) is 0 Å². The molecule has 2 N–H and O–H groups in total. The SMILES string of the molecule is O=C(O)C1CSC(c2ccc(OCCc3ccccc3)c(Br)c2)N1. The normalized spacial score (nSPS) is 20.0. The molecule has 1 aliphatic rings. The molecule has 0 amide bonds. The summed E-state index contributed by atoms with van der Waals surface area (Å²) in [5, 5.41) is 12.2. The third kappa shape index (κ3) is 4.32. The lowest BCUT2D eigenvalue weighted by molar-refractivity contribution is -0.138. The number of nitrogens with one attached hydrogen (secondary N) is 1. The highest BCUT2D eigenvalue weighted by Crippen LogP contribution is 2.36. The first-order chi connectivity index (χ1) is 11.6. The monoisotopic (exact) mass is 407 g/mol. The van der Waals surface area contributed by atoms with Gasteiger partial charge in [0.2, 0.25) is 0 Å². The molecule has 2 unspecified atom stereocenters. The van der Waals surface area contributed by atoms with Crippen LogP contribution in [0.25, 0.3) is 0 Å². The number of hydrogen-bond donors (Lipinski definition) is 2. The van der Waals surface area contributed by atoms with E-state index >= 15 is 0 Å². The molecule has 0 radical (unpaired) electrons. The topological polar surface area (TPSA) is 58.6 Å². The van der Waals surface area contributed by atoms with Crippen molar-refractivity contribution in [1.82, 2.24) is 5.32 Å². The van der Waals surface area contributed by atoms with Crippen molar-refractivity contribution in [2.75, 3.05) is 12.4 Å². The minimum absolute atomic E-state index is 0.000712. The Morgan fingerprint density at radius 2 is 2.08 bits per heavy atom. The van der Waals surface area contributed by atoms with Gasteiger partial charge in [0.05, 0.1) is 16.5 Å². The maximum Gasteiger partial charge on any atom is 0.321 e. The van der Waals surface area contributed by atoms with E-state index in [4.69, 9.17) is 9.84 Å². The van der Waals surface area contributed by atoms with Crippen LogP contribution in [-0.4, -0.2) is 29.5 Å². The van der Waals surface area contributed by atoms with Gasteiger partial charge in [0.25, 0.3) is 0 Å². The van der Waals surface area contributed by atoms with Crippen molar-refractivity contribution in [1.29, 1.82) is 0 Å². The van der Waals surface area contributed by atoms with Crippen LogP contribution in [0, 0.1) is 0 Å². The van der Waals surface area contributed by atoms with Gasteiger partial charge in [-0.05, 0) is 39.2 Å². The second-order valence-corrected chi connectivity index (χ2v) is 7.54. The predicted molar refractivity (Wildman–Crippen MR) is 99.5 cm³/mol. The molecular formula is C18H18BrNO3S. The minimum Gasteiger partial charge on any atom is -0.492 e. The zero-order valence-corrected chi connectivity index (χ0v) is 15.3. The second kappa shape index (κ2) is 8.05. The third-order valence-corrected chi connectivity index (χ3v) is 5.72. The van der Waals surface area contributed by atoms with E-state index in [1.54, 1.807) is 11.8 Å². The van der Waals surface area contributed by atoms with Crippen molar-refractivity contribution in [3.63, 3.8) is 0 Å². The molecule has 2 aromatic carbocycles. The van der Waals surface area contributed by atoms with Gasteiger partial charge in [-0.2, -0.15) is 0 Å². The minimum atomic E-state index is -0.801. The maximum atomic E-state index is 11.0. The van der Waals surface area contributed by atoms with Crippen LogP contribution in [-0.2, 0) is 11.2 Å². The first-order valence-corrected chi connectivity index (χ1v) is 9.54. The van der Waals surface area contributed by atoms with Gasteiger partial charge in [0.1, 0.15) is 11.8 Å². The summed E-state index contributed by atoms with van der Waals surface area (Å²) >= 11 is 5.15. The van der Waals surface area contributed by atoms with E-state index in [1.807, 2.05) is 36.4 Å². The Hall–Kier alpha value is -1.50. The quantitative estimate of drug-likeness (QED) is 0.760. The molecule has 1 fully saturated rings. The molecule has 0 aliphatic carbocycles. The number of halogens is 1. The highest BCUT2D eigenvalue weighted by Gasteiger charge is 2.30. The Morgan fingerprint density at radius 1 is 1.29 bits per heavy atom. The fraction of sp³-hybridized carbons (Fsp3) is 0.278. The average molecular weight is 408 g/mol. The van der Waals surface area contributed by atoms with Crippen LogP contribution < -0.4 is 10.1 Å². The molecule has 1 heterocycles. The van der Waals surface area contributed by atoms with Crippen molar-refractivity contribution in [2.24, 2.45) is 0 Å². The molecule has 6 heteroatoms. The lowest BCUT2D eigenvalue weighted by Crippen LogP contribution is -2.33. The number of benzene rings is 2. The number of hydrogen-bond acceptors (Lipinski definition) is 4. The summed E-state index contributed by atoms with van der Waals surface area (Å²) in [4.78, 5) is 11.0. The molecule has 1 saturated heterocycles. The fourth-order valence-electron chi connectivity index (χ4n) is 2.53. The van der Waals surface area contributed by atoms with Crippen LogP contribution >= 0.6 is 27.7 Å². The van der Waals surface area contributed by atoms with Crippen LogP contribution in [0.2, 0.25) is 0 Å². The van der Waals surface area contributed by atoms with E-state index in [1.165, 1.54) is 5.56 Å². The molecule has 2 atom stereocenters. The molecule has 24 heavy (non-hydrogen) atoms.